The first-order valence-corrected chi connectivity index (χ1v) is 3.31. The lowest BCUT2D eigenvalue weighted by Gasteiger charge is -2.06. The van der Waals surface area contributed by atoms with Gasteiger partial charge in [0.25, 0.3) is 0 Å². The van der Waals surface area contributed by atoms with Crippen molar-refractivity contribution in [3.05, 3.63) is 0 Å². The monoisotopic (exact) mass is 123 g/mol. The Labute approximate surface area is 44.4 Å². The summed E-state index contributed by atoms with van der Waals surface area (Å²) in [6.07, 6.45) is 0.0288. The molecule has 0 saturated carbocycles. The summed E-state index contributed by atoms with van der Waals surface area (Å²) in [5, 5.41) is 0. The van der Waals surface area contributed by atoms with Crippen molar-refractivity contribution in [1.82, 2.24) is 0 Å². The summed E-state index contributed by atoms with van der Waals surface area (Å²) in [6.45, 7) is 3.64. The Balaban J connectivity index is 2.95. The third-order valence-electron chi connectivity index (χ3n) is 0.319. The molecule has 7 heavy (non-hydrogen) atoms. The molecule has 0 aliphatic heterocycles. The first kappa shape index (κ1) is 7.31. The van der Waals surface area contributed by atoms with Crippen LogP contribution in [0.1, 0.15) is 13.8 Å². The predicted octanol–water partition coefficient (Wildman–Crippen LogP) is 0.589. The third-order valence-corrected chi connectivity index (χ3v) is 0.956. The highest BCUT2D eigenvalue weighted by Crippen LogP contribution is 2.21. The zero-order valence-corrected chi connectivity index (χ0v) is 5.35. The van der Waals surface area contributed by atoms with Gasteiger partial charge in [0.05, 0.1) is 6.10 Å². The molecule has 0 radical (unpaired) electrons. The van der Waals surface area contributed by atoms with Gasteiger partial charge in [0.15, 0.2) is 0 Å². The highest BCUT2D eigenvalue weighted by Gasteiger charge is 1.97. The second-order valence-electron chi connectivity index (χ2n) is 1.46. The van der Waals surface area contributed by atoms with Crippen LogP contribution in [-0.4, -0.2) is 11.0 Å². The number of rotatable bonds is 2. The van der Waals surface area contributed by atoms with E-state index < -0.39 is 8.53 Å². The van der Waals surface area contributed by atoms with E-state index >= 15 is 0 Å². The van der Waals surface area contributed by atoms with Crippen molar-refractivity contribution in [1.29, 1.82) is 0 Å². The lowest BCUT2D eigenvalue weighted by atomic mass is 10.5. The molecule has 0 fully saturated rings. The molecule has 3 N–H and O–H groups in total. The summed E-state index contributed by atoms with van der Waals surface area (Å²) < 4.78 is 4.65. The Morgan fingerprint density at radius 3 is 2.14 bits per heavy atom. The molecular formula is C3H10NO2P. The summed E-state index contributed by atoms with van der Waals surface area (Å²) in [5.41, 5.74) is 4.89. The lowest BCUT2D eigenvalue weighted by molar-refractivity contribution is 0.241. The largest absolute Gasteiger partial charge is 0.338 e. The molecule has 0 aliphatic carbocycles. The molecule has 44 valence electrons. The highest BCUT2D eigenvalue weighted by molar-refractivity contribution is 7.43. The van der Waals surface area contributed by atoms with E-state index in [1.807, 2.05) is 13.8 Å². The Kier molecular flexibility index (Phi) is 3.48. The van der Waals surface area contributed by atoms with Crippen molar-refractivity contribution >= 4 is 8.53 Å². The molecule has 0 aromatic rings. The number of hydrogen-bond acceptors (Lipinski definition) is 3. The van der Waals surface area contributed by atoms with Gasteiger partial charge in [-0.15, -0.1) is 0 Å². The van der Waals surface area contributed by atoms with Crippen molar-refractivity contribution in [2.24, 2.45) is 5.50 Å². The molecule has 3 nitrogen and oxygen atoms in total. The predicted molar refractivity (Wildman–Crippen MR) is 29.5 cm³/mol. The molecule has 0 saturated heterocycles. The molecule has 1 atom stereocenters. The molecule has 0 amide bonds. The van der Waals surface area contributed by atoms with E-state index in [-0.39, 0.29) is 6.10 Å². The topological polar surface area (TPSA) is 55.5 Å². The maximum Gasteiger partial charge on any atom is 0.250 e. The number of nitrogens with two attached hydrogens (primary N) is 1. The lowest BCUT2D eigenvalue weighted by Crippen LogP contribution is -2.00. The Hall–Kier alpha value is 0.310. The van der Waals surface area contributed by atoms with E-state index in [1.165, 1.54) is 0 Å². The fourth-order valence-corrected chi connectivity index (χ4v) is 0.648. The van der Waals surface area contributed by atoms with Crippen LogP contribution in [0.15, 0.2) is 0 Å². The van der Waals surface area contributed by atoms with E-state index in [4.69, 9.17) is 10.4 Å². The SMILES string of the molecule is CC(C)OP(N)O. The van der Waals surface area contributed by atoms with Gasteiger partial charge >= 0.3 is 0 Å². The quantitative estimate of drug-likeness (QED) is 0.528. The molecule has 0 aliphatic rings. The maximum absolute atomic E-state index is 8.34. The minimum Gasteiger partial charge on any atom is -0.338 e. The Bertz CT molecular complexity index is 42.2. The van der Waals surface area contributed by atoms with Crippen LogP contribution in [0, 0.1) is 0 Å². The van der Waals surface area contributed by atoms with Crippen molar-refractivity contribution in [3.63, 3.8) is 0 Å². The average Bonchev–Trinajstić information content (AvgIpc) is 1.27. The van der Waals surface area contributed by atoms with E-state index in [0.29, 0.717) is 0 Å². The molecule has 1 unspecified atom stereocenters. The van der Waals surface area contributed by atoms with E-state index in [1.54, 1.807) is 0 Å². The van der Waals surface area contributed by atoms with Crippen LogP contribution in [0.4, 0.5) is 0 Å². The van der Waals surface area contributed by atoms with Crippen LogP contribution in [0.3, 0.4) is 0 Å². The van der Waals surface area contributed by atoms with E-state index in [2.05, 4.69) is 4.52 Å². The zero-order chi connectivity index (χ0) is 5.86. The maximum atomic E-state index is 8.34. The minimum absolute atomic E-state index is 0.0288. The molecular weight excluding hydrogens is 113 g/mol. The van der Waals surface area contributed by atoms with Crippen LogP contribution >= 0.6 is 8.53 Å². The summed E-state index contributed by atoms with van der Waals surface area (Å²) in [4.78, 5) is 8.34. The van der Waals surface area contributed by atoms with Gasteiger partial charge in [-0.25, -0.2) is 0 Å². The molecule has 4 heteroatoms. The van der Waals surface area contributed by atoms with Gasteiger partial charge in [-0.2, -0.15) is 0 Å². The first-order valence-electron chi connectivity index (χ1n) is 2.03. The van der Waals surface area contributed by atoms with Gasteiger partial charge in [0.1, 0.15) is 0 Å². The molecule has 0 heterocycles. The molecule has 0 spiro atoms. The summed E-state index contributed by atoms with van der Waals surface area (Å²) in [5.74, 6) is 0. The molecule has 0 aromatic carbocycles. The normalized spacial score (nSPS) is 15.0. The smallest absolute Gasteiger partial charge is 0.250 e. The van der Waals surface area contributed by atoms with Crippen LogP contribution in [0.25, 0.3) is 0 Å². The second-order valence-corrected chi connectivity index (χ2v) is 2.27. The fraction of sp³-hybridized carbons (Fsp3) is 1.00. The van der Waals surface area contributed by atoms with Crippen LogP contribution < -0.4 is 5.50 Å². The molecule has 0 aromatic heterocycles. The van der Waals surface area contributed by atoms with Crippen molar-refractivity contribution < 1.29 is 9.42 Å². The van der Waals surface area contributed by atoms with Crippen LogP contribution in [-0.2, 0) is 4.52 Å². The van der Waals surface area contributed by atoms with Crippen LogP contribution in [0.5, 0.6) is 0 Å². The van der Waals surface area contributed by atoms with Crippen molar-refractivity contribution in [2.45, 2.75) is 20.0 Å². The molecule has 0 bridgehead atoms. The highest BCUT2D eigenvalue weighted by atomic mass is 31.2. The fourth-order valence-electron chi connectivity index (χ4n) is 0.216. The third kappa shape index (κ3) is 6.31. The van der Waals surface area contributed by atoms with Gasteiger partial charge < -0.3 is 9.42 Å². The Morgan fingerprint density at radius 2 is 2.14 bits per heavy atom. The van der Waals surface area contributed by atoms with Gasteiger partial charge in [0, 0.05) is 0 Å². The van der Waals surface area contributed by atoms with Gasteiger partial charge in [-0.1, -0.05) is 0 Å². The second kappa shape index (κ2) is 3.33. The summed E-state index contributed by atoms with van der Waals surface area (Å²) in [7, 11) is -1.64. The van der Waals surface area contributed by atoms with E-state index in [9.17, 15) is 0 Å². The Morgan fingerprint density at radius 1 is 1.71 bits per heavy atom. The zero-order valence-electron chi connectivity index (χ0n) is 4.46. The first-order chi connectivity index (χ1) is 3.13. The summed E-state index contributed by atoms with van der Waals surface area (Å²) in [6, 6.07) is 0. The number of hydrogen-bond donors (Lipinski definition) is 2. The average molecular weight is 123 g/mol. The van der Waals surface area contributed by atoms with Gasteiger partial charge in [-0.3, -0.25) is 5.50 Å². The van der Waals surface area contributed by atoms with Gasteiger partial charge in [0.2, 0.25) is 8.53 Å². The van der Waals surface area contributed by atoms with Crippen molar-refractivity contribution in [2.75, 3.05) is 0 Å². The van der Waals surface area contributed by atoms with Gasteiger partial charge in [-0.05, 0) is 13.8 Å². The van der Waals surface area contributed by atoms with E-state index in [0.717, 1.165) is 0 Å². The standard InChI is InChI=1S/C3H10NO2P/c1-3(2)6-7(4)5/h3,5H,4H2,1-2H3. The minimum atomic E-state index is -1.64. The van der Waals surface area contributed by atoms with Crippen molar-refractivity contribution in [3.8, 4) is 0 Å². The van der Waals surface area contributed by atoms with Crippen LogP contribution in [0.2, 0.25) is 0 Å². The summed E-state index contributed by atoms with van der Waals surface area (Å²) >= 11 is 0. The molecule has 0 rings (SSSR count).